The summed E-state index contributed by atoms with van der Waals surface area (Å²) >= 11 is 0. The quantitative estimate of drug-likeness (QED) is 0.167. The van der Waals surface area contributed by atoms with E-state index in [4.69, 9.17) is 4.99 Å². The van der Waals surface area contributed by atoms with Crippen molar-refractivity contribution < 1.29 is 0 Å². The first-order valence-electron chi connectivity index (χ1n) is 15.9. The minimum atomic E-state index is -0.453. The van der Waals surface area contributed by atoms with Crippen molar-refractivity contribution in [2.24, 2.45) is 4.99 Å². The minimum absolute atomic E-state index is 0.453. The van der Waals surface area contributed by atoms with Crippen LogP contribution in [0.25, 0.3) is 28.0 Å². The first-order chi connectivity index (χ1) is 22.5. The first-order valence-corrected chi connectivity index (χ1v) is 15.9. The summed E-state index contributed by atoms with van der Waals surface area (Å²) < 4.78 is 0. The Morgan fingerprint density at radius 2 is 1.22 bits per heavy atom. The van der Waals surface area contributed by atoms with Gasteiger partial charge >= 0.3 is 0 Å². The smallest absolute Gasteiger partial charge is 0.0787 e. The molecule has 1 unspecified atom stereocenters. The molecule has 0 aliphatic heterocycles. The van der Waals surface area contributed by atoms with Crippen LogP contribution in [0.5, 0.6) is 0 Å². The lowest BCUT2D eigenvalue weighted by molar-refractivity contribution is 0.759. The number of hydrogen-bond donors (Lipinski definition) is 0. The lowest BCUT2D eigenvalue weighted by Gasteiger charge is -2.32. The van der Waals surface area contributed by atoms with E-state index in [1.165, 1.54) is 55.7 Å². The van der Waals surface area contributed by atoms with Crippen molar-refractivity contribution >= 4 is 22.6 Å². The topological polar surface area (TPSA) is 12.4 Å². The zero-order valence-corrected chi connectivity index (χ0v) is 26.7. The molecule has 5 aromatic carbocycles. The fraction of sp³-hybridized carbons (Fsp3) is 0.0889. The number of fused-ring (bicyclic) bond motifs is 4. The molecule has 2 aliphatic carbocycles. The van der Waals surface area contributed by atoms with Gasteiger partial charge in [-0.25, -0.2) is 4.99 Å². The molecule has 1 heteroatoms. The highest BCUT2D eigenvalue weighted by Crippen LogP contribution is 2.61. The SMILES string of the molecule is C=CC1=C(/C=C\C)C2(C(C)=C(/C(=N\C(=C)c3ccc(-c4ccc(C)cc4)cc3)c3ccccc3)c3ccccc32)c2ccccc21. The molecular weight excluding hydrogens is 555 g/mol. The number of benzene rings is 5. The maximum Gasteiger partial charge on any atom is 0.0787 e. The molecule has 0 amide bonds. The predicted octanol–water partition coefficient (Wildman–Crippen LogP) is 11.4. The third-order valence-electron chi connectivity index (χ3n) is 9.52. The number of aliphatic imine (C=N–C) groups is 1. The van der Waals surface area contributed by atoms with Gasteiger partial charge in [0, 0.05) is 11.1 Å². The monoisotopic (exact) mass is 591 g/mol. The minimum Gasteiger partial charge on any atom is -0.248 e. The van der Waals surface area contributed by atoms with Crippen molar-refractivity contribution in [2.45, 2.75) is 26.2 Å². The van der Waals surface area contributed by atoms with Crippen molar-refractivity contribution in [1.82, 2.24) is 0 Å². The summed E-state index contributed by atoms with van der Waals surface area (Å²) in [5, 5.41) is 0. The van der Waals surface area contributed by atoms with Gasteiger partial charge in [0.05, 0.1) is 16.8 Å². The summed E-state index contributed by atoms with van der Waals surface area (Å²) in [4.78, 5) is 5.39. The number of allylic oxidation sites excluding steroid dienone is 7. The second kappa shape index (κ2) is 11.8. The van der Waals surface area contributed by atoms with Crippen molar-refractivity contribution in [2.75, 3.05) is 0 Å². The van der Waals surface area contributed by atoms with Gasteiger partial charge in [-0.3, -0.25) is 0 Å². The summed E-state index contributed by atoms with van der Waals surface area (Å²) in [6.45, 7) is 15.3. The average molecular weight is 592 g/mol. The van der Waals surface area contributed by atoms with E-state index in [0.717, 1.165) is 28.1 Å². The Kier molecular flexibility index (Phi) is 7.47. The van der Waals surface area contributed by atoms with E-state index in [1.54, 1.807) is 0 Å². The molecule has 0 radical (unpaired) electrons. The fourth-order valence-electron chi connectivity index (χ4n) is 7.42. The first kappa shape index (κ1) is 29.2. The third kappa shape index (κ3) is 4.51. The van der Waals surface area contributed by atoms with Gasteiger partial charge in [0.15, 0.2) is 0 Å². The van der Waals surface area contributed by atoms with Crippen LogP contribution in [0.2, 0.25) is 0 Å². The van der Waals surface area contributed by atoms with E-state index in [1.807, 2.05) is 6.08 Å². The summed E-state index contributed by atoms with van der Waals surface area (Å²) in [6, 6.07) is 45.4. The van der Waals surface area contributed by atoms with Crippen molar-refractivity contribution in [3.8, 4) is 11.1 Å². The van der Waals surface area contributed by atoms with E-state index in [-0.39, 0.29) is 0 Å². The molecule has 46 heavy (non-hydrogen) atoms. The van der Waals surface area contributed by atoms with Gasteiger partial charge in [-0.15, -0.1) is 0 Å². The summed E-state index contributed by atoms with van der Waals surface area (Å²) in [6.07, 6.45) is 6.44. The Morgan fingerprint density at radius 3 is 1.85 bits per heavy atom. The van der Waals surface area contributed by atoms with E-state index in [2.05, 4.69) is 173 Å². The molecule has 1 nitrogen and oxygen atoms in total. The average Bonchev–Trinajstić information content (AvgIpc) is 3.53. The maximum absolute atomic E-state index is 5.39. The zero-order valence-electron chi connectivity index (χ0n) is 26.7. The normalized spacial score (nSPS) is 17.2. The summed E-state index contributed by atoms with van der Waals surface area (Å²) in [5.74, 6) is 0. The van der Waals surface area contributed by atoms with Crippen LogP contribution in [0.15, 0.2) is 175 Å². The molecule has 0 N–H and O–H groups in total. The van der Waals surface area contributed by atoms with Gasteiger partial charge in [0.1, 0.15) is 0 Å². The van der Waals surface area contributed by atoms with Gasteiger partial charge in [-0.2, -0.15) is 0 Å². The van der Waals surface area contributed by atoms with Gasteiger partial charge in [0.2, 0.25) is 0 Å². The van der Waals surface area contributed by atoms with Crippen molar-refractivity contribution in [3.05, 3.63) is 209 Å². The highest BCUT2D eigenvalue weighted by molar-refractivity contribution is 6.35. The highest BCUT2D eigenvalue weighted by Gasteiger charge is 2.52. The van der Waals surface area contributed by atoms with Gasteiger partial charge < -0.3 is 0 Å². The molecule has 0 saturated carbocycles. The highest BCUT2D eigenvalue weighted by atomic mass is 14.8. The van der Waals surface area contributed by atoms with E-state index in [0.29, 0.717) is 0 Å². The molecule has 0 saturated heterocycles. The van der Waals surface area contributed by atoms with Gasteiger partial charge in [0.25, 0.3) is 0 Å². The maximum atomic E-state index is 5.39. The fourth-order valence-corrected chi connectivity index (χ4v) is 7.42. The molecule has 1 atom stereocenters. The van der Waals surface area contributed by atoms with Crippen LogP contribution in [0, 0.1) is 6.92 Å². The third-order valence-corrected chi connectivity index (χ3v) is 9.52. The molecule has 0 aromatic heterocycles. The summed E-state index contributed by atoms with van der Waals surface area (Å²) in [7, 11) is 0. The van der Waals surface area contributed by atoms with Gasteiger partial charge in [-0.05, 0) is 76.4 Å². The standard InChI is InChI=1S/C45H37N/c1-6-15-40-37(7-2)38-18-11-13-20-41(38)45(40)31(4)43(39-19-12-14-21-42(39)45)44(36-16-9-8-10-17-36)46-32(5)33-26-28-35(29-27-33)34-24-22-30(3)23-25-34/h6-29H,2,5H2,1,3-4H3/b15-6-,46-44-. The lowest BCUT2D eigenvalue weighted by atomic mass is 9.69. The molecule has 2 aliphatic rings. The molecule has 7 rings (SSSR count). The molecule has 1 spiro atoms. The summed E-state index contributed by atoms with van der Waals surface area (Å²) in [5.41, 5.74) is 16.7. The number of aryl methyl sites for hydroxylation is 1. The van der Waals surface area contributed by atoms with E-state index in [9.17, 15) is 0 Å². The number of nitrogens with zero attached hydrogens (tertiary/aromatic N) is 1. The van der Waals surface area contributed by atoms with Crippen LogP contribution in [0.3, 0.4) is 0 Å². The second-order valence-corrected chi connectivity index (χ2v) is 12.1. The predicted molar refractivity (Wildman–Crippen MR) is 197 cm³/mol. The Balaban J connectivity index is 1.44. The molecule has 0 heterocycles. The van der Waals surface area contributed by atoms with Crippen molar-refractivity contribution in [1.29, 1.82) is 0 Å². The largest absolute Gasteiger partial charge is 0.248 e. The zero-order chi connectivity index (χ0) is 31.8. The Bertz CT molecular complexity index is 2120. The lowest BCUT2D eigenvalue weighted by Crippen LogP contribution is -2.27. The van der Waals surface area contributed by atoms with Crippen LogP contribution in [-0.4, -0.2) is 5.71 Å². The Labute approximate surface area is 273 Å². The van der Waals surface area contributed by atoms with Crippen LogP contribution in [-0.2, 0) is 5.41 Å². The van der Waals surface area contributed by atoms with Crippen LogP contribution < -0.4 is 0 Å². The molecule has 0 bridgehead atoms. The second-order valence-electron chi connectivity index (χ2n) is 12.1. The Morgan fingerprint density at radius 1 is 0.652 bits per heavy atom. The van der Waals surface area contributed by atoms with Gasteiger partial charge in [-0.1, -0.05) is 164 Å². The van der Waals surface area contributed by atoms with Crippen LogP contribution in [0.1, 0.15) is 52.8 Å². The van der Waals surface area contributed by atoms with Crippen LogP contribution in [0.4, 0.5) is 0 Å². The molecule has 222 valence electrons. The Hall–Kier alpha value is -5.53. The van der Waals surface area contributed by atoms with Crippen LogP contribution >= 0.6 is 0 Å². The molecule has 5 aromatic rings. The van der Waals surface area contributed by atoms with Crippen molar-refractivity contribution in [3.63, 3.8) is 0 Å². The van der Waals surface area contributed by atoms with E-state index >= 15 is 0 Å². The van der Waals surface area contributed by atoms with E-state index < -0.39 is 5.41 Å². The molecule has 0 fully saturated rings. The molecular formula is C45H37N. The number of hydrogen-bond acceptors (Lipinski definition) is 1. The number of rotatable bonds is 7.